The predicted octanol–water partition coefficient (Wildman–Crippen LogP) is 12.2. The molecule has 0 spiro atoms. The van der Waals surface area contributed by atoms with E-state index in [0.717, 1.165) is 83.5 Å². The molecule has 3 aromatic rings. The van der Waals surface area contributed by atoms with Gasteiger partial charge in [0.2, 0.25) is 0 Å². The number of esters is 5. The number of unbranched alkanes of at least 4 members (excludes halogenated alkanes) is 13. The van der Waals surface area contributed by atoms with Crippen LogP contribution in [0.25, 0.3) is 0 Å². The third-order valence-electron chi connectivity index (χ3n) is 9.74. The van der Waals surface area contributed by atoms with Crippen LogP contribution in [0.2, 0.25) is 0 Å². The Morgan fingerprint density at radius 2 is 0.797 bits per heavy atom. The molecule has 0 aromatic heterocycles. The summed E-state index contributed by atoms with van der Waals surface area (Å²) < 4.78 is 37.3. The van der Waals surface area contributed by atoms with Crippen LogP contribution in [0.4, 0.5) is 0 Å². The van der Waals surface area contributed by atoms with Crippen molar-refractivity contribution >= 4 is 29.8 Å². The van der Waals surface area contributed by atoms with Crippen molar-refractivity contribution in [2.75, 3.05) is 33.0 Å². The lowest BCUT2D eigenvalue weighted by atomic mass is 10.1. The van der Waals surface area contributed by atoms with Crippen molar-refractivity contribution in [3.05, 3.63) is 96.6 Å². The molecule has 0 heterocycles. The van der Waals surface area contributed by atoms with Gasteiger partial charge in [0, 0.05) is 18.9 Å². The van der Waals surface area contributed by atoms with E-state index in [2.05, 4.69) is 20.4 Å². The van der Waals surface area contributed by atoms with Crippen LogP contribution in [0.1, 0.15) is 163 Å². The Balaban J connectivity index is 0.000000521. The average Bonchev–Trinajstić information content (AvgIpc) is 3.31. The van der Waals surface area contributed by atoms with Gasteiger partial charge in [-0.3, -0.25) is 9.59 Å². The normalized spacial score (nSPS) is 10.4. The third-order valence-corrected chi connectivity index (χ3v) is 9.74. The molecule has 0 aliphatic carbocycles. The summed E-state index contributed by atoms with van der Waals surface area (Å²) in [6.07, 6.45) is 19.8. The van der Waals surface area contributed by atoms with Crippen molar-refractivity contribution in [1.82, 2.24) is 0 Å². The van der Waals surface area contributed by atoms with E-state index in [1.165, 1.54) is 31.8 Å². The molecule has 0 aliphatic rings. The van der Waals surface area contributed by atoms with E-state index in [1.807, 2.05) is 6.92 Å². The predicted molar refractivity (Wildman–Crippen MR) is 248 cm³/mol. The van der Waals surface area contributed by atoms with Crippen LogP contribution < -0.4 is 18.9 Å². The zero-order valence-electron chi connectivity index (χ0n) is 38.6. The summed E-state index contributed by atoms with van der Waals surface area (Å²) in [7, 11) is 0. The first-order chi connectivity index (χ1) is 31.2. The Morgan fingerprint density at radius 3 is 1.25 bits per heavy atom. The van der Waals surface area contributed by atoms with E-state index in [1.54, 1.807) is 72.8 Å². The highest BCUT2D eigenvalue weighted by Crippen LogP contribution is 2.22. The molecule has 12 nitrogen and oxygen atoms in total. The number of benzene rings is 3. The molecule has 0 atom stereocenters. The van der Waals surface area contributed by atoms with Gasteiger partial charge in [-0.1, -0.05) is 84.6 Å². The number of carbonyl (C=O) groups excluding carboxylic acids is 5. The lowest BCUT2D eigenvalue weighted by Crippen LogP contribution is -2.09. The Morgan fingerprint density at radius 1 is 0.422 bits per heavy atom. The molecule has 0 amide bonds. The lowest BCUT2D eigenvalue weighted by molar-refractivity contribution is -0.145. The van der Waals surface area contributed by atoms with Gasteiger partial charge in [-0.2, -0.15) is 0 Å². The summed E-state index contributed by atoms with van der Waals surface area (Å²) >= 11 is 0. The first-order valence-corrected chi connectivity index (χ1v) is 23.3. The zero-order chi connectivity index (χ0) is 46.5. The van der Waals surface area contributed by atoms with Crippen LogP contribution in [0.3, 0.4) is 0 Å². The summed E-state index contributed by atoms with van der Waals surface area (Å²) in [5, 5.41) is 0. The summed E-state index contributed by atoms with van der Waals surface area (Å²) in [5.41, 5.74) is 0.788. The standard InChI is InChI=1S/C33H36O8.C19H36O4/c1-3-31(34)39-24-10-8-6-5-7-9-23-38-28-17-13-26(14-18-28)33(36)41-30-21-19-29(20-22-30)40-32(35)25-11-15-27(16-12-25)37-4-2;1-3-5-7-8-9-12-16-23-19(21)15-11-10-13-17-22-18(20)14-6-4-2/h3,11-22H,1,4-10,23-24H2,2H3;3-17H2,1-2H3. The molecular formula is C52H72O12. The van der Waals surface area contributed by atoms with Gasteiger partial charge in [0.15, 0.2) is 0 Å². The summed E-state index contributed by atoms with van der Waals surface area (Å²) in [6, 6.07) is 19.7. The van der Waals surface area contributed by atoms with Gasteiger partial charge < -0.3 is 33.2 Å². The molecule has 0 aliphatic heterocycles. The van der Waals surface area contributed by atoms with Gasteiger partial charge in [0.1, 0.15) is 23.0 Å². The van der Waals surface area contributed by atoms with Crippen LogP contribution in [0.5, 0.6) is 23.0 Å². The molecule has 3 rings (SSSR count). The maximum absolute atomic E-state index is 12.5. The number of carbonyl (C=O) groups is 5. The Labute approximate surface area is 381 Å². The van der Waals surface area contributed by atoms with E-state index in [0.29, 0.717) is 80.0 Å². The maximum Gasteiger partial charge on any atom is 0.343 e. The van der Waals surface area contributed by atoms with Crippen LogP contribution >= 0.6 is 0 Å². The summed E-state index contributed by atoms with van der Waals surface area (Å²) in [4.78, 5) is 58.7. The second-order valence-electron chi connectivity index (χ2n) is 15.2. The lowest BCUT2D eigenvalue weighted by Gasteiger charge is -2.09. The minimum Gasteiger partial charge on any atom is -0.494 e. The van der Waals surface area contributed by atoms with Crippen molar-refractivity contribution in [2.24, 2.45) is 0 Å². The van der Waals surface area contributed by atoms with Gasteiger partial charge in [-0.15, -0.1) is 0 Å². The molecule has 0 N–H and O–H groups in total. The highest BCUT2D eigenvalue weighted by atomic mass is 16.6. The molecule has 0 radical (unpaired) electrons. The second kappa shape index (κ2) is 35.8. The van der Waals surface area contributed by atoms with E-state index < -0.39 is 11.9 Å². The fraction of sp³-hybridized carbons (Fsp3) is 0.519. The monoisotopic (exact) mass is 889 g/mol. The first-order valence-electron chi connectivity index (χ1n) is 23.3. The van der Waals surface area contributed by atoms with Crippen molar-refractivity contribution in [3.8, 4) is 23.0 Å². The molecule has 352 valence electrons. The van der Waals surface area contributed by atoms with Crippen molar-refractivity contribution in [1.29, 1.82) is 0 Å². The van der Waals surface area contributed by atoms with Gasteiger partial charge in [-0.25, -0.2) is 14.4 Å². The summed E-state index contributed by atoms with van der Waals surface area (Å²) in [5.74, 6) is 0.438. The number of hydrogen-bond acceptors (Lipinski definition) is 12. The fourth-order valence-corrected chi connectivity index (χ4v) is 6.05. The molecule has 0 fully saturated rings. The number of ether oxygens (including phenoxy) is 7. The topological polar surface area (TPSA) is 150 Å². The van der Waals surface area contributed by atoms with E-state index in [4.69, 9.17) is 33.2 Å². The molecule has 0 saturated carbocycles. The SMILES string of the molecule is C=CC(=O)OCCCCCCCCOc1ccc(C(=O)Oc2ccc(OC(=O)c3ccc(OCC)cc3)cc2)cc1.CCCCCCCCOC(=O)CCCCCOC(=O)CCCC. The minimum atomic E-state index is -0.505. The molecule has 12 heteroatoms. The fourth-order valence-electron chi connectivity index (χ4n) is 6.05. The molecule has 64 heavy (non-hydrogen) atoms. The van der Waals surface area contributed by atoms with E-state index in [9.17, 15) is 24.0 Å². The maximum atomic E-state index is 12.5. The van der Waals surface area contributed by atoms with E-state index in [-0.39, 0.29) is 17.9 Å². The highest BCUT2D eigenvalue weighted by Gasteiger charge is 2.12. The quantitative estimate of drug-likeness (QED) is 0.0188. The molecule has 0 bridgehead atoms. The zero-order valence-corrected chi connectivity index (χ0v) is 38.6. The van der Waals surface area contributed by atoms with Gasteiger partial charge in [-0.05, 0) is 125 Å². The van der Waals surface area contributed by atoms with Crippen LogP contribution in [0.15, 0.2) is 85.5 Å². The Bertz CT molecular complexity index is 1740. The van der Waals surface area contributed by atoms with Crippen molar-refractivity contribution < 1.29 is 57.1 Å². The Hall–Kier alpha value is -5.65. The summed E-state index contributed by atoms with van der Waals surface area (Å²) in [6.45, 7) is 12.1. The van der Waals surface area contributed by atoms with Gasteiger partial charge in [0.25, 0.3) is 0 Å². The minimum absolute atomic E-state index is 0.0986. The molecule has 3 aromatic carbocycles. The second-order valence-corrected chi connectivity index (χ2v) is 15.2. The van der Waals surface area contributed by atoms with E-state index >= 15 is 0 Å². The first kappa shape index (κ1) is 54.5. The molecule has 0 unspecified atom stereocenters. The van der Waals surface area contributed by atoms with Crippen LogP contribution in [0, 0.1) is 0 Å². The van der Waals surface area contributed by atoms with Crippen LogP contribution in [-0.4, -0.2) is 62.9 Å². The van der Waals surface area contributed by atoms with Crippen molar-refractivity contribution in [3.63, 3.8) is 0 Å². The Kier molecular flexibility index (Phi) is 30.5. The largest absolute Gasteiger partial charge is 0.494 e. The van der Waals surface area contributed by atoms with Crippen molar-refractivity contribution in [2.45, 2.75) is 143 Å². The van der Waals surface area contributed by atoms with Gasteiger partial charge >= 0.3 is 29.8 Å². The average molecular weight is 889 g/mol. The molecular weight excluding hydrogens is 817 g/mol. The highest BCUT2D eigenvalue weighted by molar-refractivity contribution is 5.92. The van der Waals surface area contributed by atoms with Gasteiger partial charge in [0.05, 0.1) is 44.2 Å². The van der Waals surface area contributed by atoms with Crippen LogP contribution in [-0.2, 0) is 28.6 Å². The number of rotatable bonds is 33. The third kappa shape index (κ3) is 26.7. The molecule has 0 saturated heterocycles. The number of hydrogen-bond donors (Lipinski definition) is 0. The smallest absolute Gasteiger partial charge is 0.343 e.